The molecule has 0 aromatic carbocycles. The second-order valence-corrected chi connectivity index (χ2v) is 26.3. The van der Waals surface area contributed by atoms with Gasteiger partial charge in [0.2, 0.25) is 0 Å². The van der Waals surface area contributed by atoms with Gasteiger partial charge in [0, 0.05) is 37.6 Å². The number of hydrogen-bond acceptors (Lipinski definition) is 35. The molecule has 8 fully saturated rings. The van der Waals surface area contributed by atoms with Crippen LogP contribution in [0, 0.1) is 0 Å². The number of carboxylic acids is 8. The second kappa shape index (κ2) is 64.2. The van der Waals surface area contributed by atoms with Gasteiger partial charge in [0.05, 0.1) is 118 Å². The first-order valence-corrected chi connectivity index (χ1v) is 37.6. The molecule has 42 nitrogen and oxygen atoms in total. The Morgan fingerprint density at radius 1 is 0.349 bits per heavy atom. The third kappa shape index (κ3) is 55.8. The molecule has 8 aliphatic rings. The summed E-state index contributed by atoms with van der Waals surface area (Å²) in [5.41, 5.74) is 42.4. The van der Waals surface area contributed by atoms with E-state index < -0.39 is 102 Å². The van der Waals surface area contributed by atoms with E-state index in [9.17, 15) is 43.2 Å². The van der Waals surface area contributed by atoms with Crippen LogP contribution in [0.15, 0.2) is 0 Å². The number of rotatable bonds is 44. The van der Waals surface area contributed by atoms with E-state index in [1.54, 1.807) is 0 Å². The summed E-state index contributed by atoms with van der Waals surface area (Å²) in [7, 11) is 0. The monoisotopic (exact) mass is 1600 g/mol. The zero-order valence-electron chi connectivity index (χ0n) is 62.0. The number of nitrogens with one attached hydrogen (secondary N) is 1. The molecule has 0 amide bonds. The van der Waals surface area contributed by atoms with E-state index in [0.29, 0.717) is 142 Å². The maximum absolute atomic E-state index is 11.2. The predicted octanol–water partition coefficient (Wildman–Crippen LogP) is -2.09. The van der Waals surface area contributed by atoms with Crippen molar-refractivity contribution in [1.82, 2.24) is 5.32 Å². The van der Waals surface area contributed by atoms with E-state index in [4.69, 9.17) is 163 Å². The molecule has 8 heterocycles. The molecule has 0 bridgehead atoms. The number of unbranched alkanes of at least 4 members (excludes halogenated alkanes) is 4. The van der Waals surface area contributed by atoms with E-state index in [1.807, 2.05) is 0 Å². The van der Waals surface area contributed by atoms with Crippen LogP contribution in [0.1, 0.15) is 128 Å². The summed E-state index contributed by atoms with van der Waals surface area (Å²) in [6.07, 6.45) is 13.7. The van der Waals surface area contributed by atoms with E-state index in [2.05, 4.69) is 5.32 Å². The lowest BCUT2D eigenvalue weighted by molar-refractivity contribution is -0.142. The van der Waals surface area contributed by atoms with Gasteiger partial charge < -0.3 is 168 Å². The van der Waals surface area contributed by atoms with Crippen LogP contribution >= 0.6 is 11.8 Å². The number of carboxylic acid groups (broad SMARTS) is 8. The fourth-order valence-electron chi connectivity index (χ4n) is 9.68. The lowest BCUT2D eigenvalue weighted by atomic mass is 10.1. The van der Waals surface area contributed by atoms with Gasteiger partial charge in [-0.2, -0.15) is 11.8 Å². The topological polar surface area (TPSA) is 683 Å². The zero-order valence-corrected chi connectivity index (χ0v) is 62.9. The summed E-state index contributed by atoms with van der Waals surface area (Å²) in [5.74, 6) is -7.17. The van der Waals surface area contributed by atoms with Crippen molar-refractivity contribution in [2.75, 3.05) is 137 Å². The van der Waals surface area contributed by atoms with Gasteiger partial charge in [-0.1, -0.05) is 32.1 Å². The number of ether oxygens (including phenoxy) is 16. The summed E-state index contributed by atoms with van der Waals surface area (Å²) in [6.45, 7) is 10.2. The quantitative estimate of drug-likeness (QED) is 0.0291. The predicted molar refractivity (Wildman–Crippen MR) is 383 cm³/mol. The minimum absolute atomic E-state index is 0.0292. The van der Waals surface area contributed by atoms with Gasteiger partial charge in [-0.15, -0.1) is 0 Å². The third-order valence-electron chi connectivity index (χ3n) is 15.9. The number of nitrogens with two attached hydrogens (primary N) is 8. The first-order valence-electron chi connectivity index (χ1n) is 36.5. The fourth-order valence-corrected chi connectivity index (χ4v) is 10.6. The molecule has 43 heteroatoms. The molecule has 0 aromatic rings. The third-order valence-corrected chi connectivity index (χ3v) is 17.0. The van der Waals surface area contributed by atoms with Crippen molar-refractivity contribution in [2.45, 2.75) is 227 Å². The standard InChI is InChI=1S/C10H19NO4.C10H19NO3.C9H17NO4.C8H13NO5.C8H15NO4.C7H14N2O4.C7H13NO5.C7H13NO4S/c11-8(10(12)13)4-2-1-3-5-9-14-6-7-15-9;11-9(10(12)13)6-2-1-4-8-5-3-7-14-8;10-7(9(11)12)3-1-2-4-8-13-5-6-14-8;9-6(8(11)12)3-5(10)4-7-13-1-2-14-7;9-6(8(10)11)2-1-3-7-12-4-5-13-7;8-5(7(10)11)3-9-4-6-12-1-2-13-6;8-5(7(9)10)3-11-4-6-12-1-2-13-6;8-5(7(9)10)3-13-4-6-11-1-2-12-6/h8-9H,1-7,11H2,(H,12,13);8-9H,1-7,11H2,(H,12,13);7-8H,1-6,10H2,(H,11,12);6-7H,1-4,9H2,(H,11,12);6-7H,1-5,9H2,(H,10,11);5-6,9H,1-4,8H2,(H,10,11);2*5-6H,1-4,8H2,(H,9,10). The van der Waals surface area contributed by atoms with E-state index >= 15 is 0 Å². The Morgan fingerprint density at radius 3 is 1.08 bits per heavy atom. The Labute approximate surface area is 637 Å². The molecule has 8 rings (SSSR count). The second-order valence-electron chi connectivity index (χ2n) is 25.2. The molecule has 9 atom stereocenters. The molecule has 636 valence electrons. The van der Waals surface area contributed by atoms with E-state index in [0.717, 1.165) is 90.1 Å². The van der Waals surface area contributed by atoms with Crippen LogP contribution in [-0.4, -0.2) is 330 Å². The van der Waals surface area contributed by atoms with Crippen molar-refractivity contribution < 1.29 is 160 Å². The van der Waals surface area contributed by atoms with Gasteiger partial charge in [-0.25, -0.2) is 0 Å². The maximum Gasteiger partial charge on any atom is 0.322 e. The molecule has 25 N–H and O–H groups in total. The van der Waals surface area contributed by atoms with Crippen molar-refractivity contribution in [2.24, 2.45) is 45.9 Å². The SMILES string of the molecule is NC(CC(=O)CC1OCCO1)C(=O)O.NC(CCCC1OCCO1)C(=O)O.NC(CCCCC1CCCO1)C(=O)O.NC(CCCCC1OCCO1)C(=O)O.NC(CCCCCC1OCCO1)C(=O)O.NC(CNCC1OCCO1)C(=O)O.NC(COCC1OCCO1)C(=O)O.NC(CSCC1OCCO1)C(=O)O. The van der Waals surface area contributed by atoms with Gasteiger partial charge in [0.15, 0.2) is 44.0 Å². The highest BCUT2D eigenvalue weighted by molar-refractivity contribution is 7.99. The number of aliphatic carboxylic acids is 8. The number of Topliss-reactive ketones (excluding diaryl/α,β-unsaturated/α-hetero) is 1. The van der Waals surface area contributed by atoms with Crippen LogP contribution in [0.25, 0.3) is 0 Å². The molecule has 0 saturated carbocycles. The molecule has 8 aliphatic heterocycles. The van der Waals surface area contributed by atoms with Crippen LogP contribution in [0.5, 0.6) is 0 Å². The number of carbonyl (C=O) groups excluding carboxylic acids is 1. The van der Waals surface area contributed by atoms with Crippen molar-refractivity contribution in [1.29, 1.82) is 0 Å². The average molecular weight is 1600 g/mol. The van der Waals surface area contributed by atoms with E-state index in [-0.39, 0.29) is 76.1 Å². The molecule has 0 aliphatic carbocycles. The lowest BCUT2D eigenvalue weighted by Gasteiger charge is -2.11. The van der Waals surface area contributed by atoms with Gasteiger partial charge >= 0.3 is 47.8 Å². The van der Waals surface area contributed by atoms with Crippen molar-refractivity contribution in [3.8, 4) is 0 Å². The Morgan fingerprint density at radius 2 is 0.688 bits per heavy atom. The smallest absolute Gasteiger partial charge is 0.322 e. The molecule has 9 unspecified atom stereocenters. The molecule has 8 saturated heterocycles. The fraction of sp³-hybridized carbons (Fsp3) is 0.864. The highest BCUT2D eigenvalue weighted by Crippen LogP contribution is 2.20. The lowest BCUT2D eigenvalue weighted by Crippen LogP contribution is -2.42. The first kappa shape index (κ1) is 102. The molecule has 0 radical (unpaired) electrons. The minimum atomic E-state index is -1.17. The summed E-state index contributed by atoms with van der Waals surface area (Å²) >= 11 is 1.43. The Hall–Kier alpha value is -5.22. The number of carbonyl (C=O) groups is 9. The summed E-state index contributed by atoms with van der Waals surface area (Å²) in [6, 6.07) is -6.71. The maximum atomic E-state index is 11.2. The average Bonchev–Trinajstić information content (AvgIpc) is 1.87. The molecule has 109 heavy (non-hydrogen) atoms. The minimum Gasteiger partial charge on any atom is -0.480 e. The van der Waals surface area contributed by atoms with Gasteiger partial charge in [0.1, 0.15) is 54.1 Å². The Balaban J connectivity index is 0.000000623. The van der Waals surface area contributed by atoms with Gasteiger partial charge in [0.25, 0.3) is 0 Å². The van der Waals surface area contributed by atoms with Crippen molar-refractivity contribution in [3.63, 3.8) is 0 Å². The largest absolute Gasteiger partial charge is 0.480 e. The van der Waals surface area contributed by atoms with Crippen molar-refractivity contribution in [3.05, 3.63) is 0 Å². The normalized spacial score (nSPS) is 20.5. The van der Waals surface area contributed by atoms with Crippen LogP contribution in [0.2, 0.25) is 0 Å². The van der Waals surface area contributed by atoms with Crippen LogP contribution < -0.4 is 51.2 Å². The summed E-state index contributed by atoms with van der Waals surface area (Å²) in [5, 5.41) is 70.7. The highest BCUT2D eigenvalue weighted by Gasteiger charge is 2.26. The molecular weight excluding hydrogens is 1480 g/mol. The zero-order chi connectivity index (χ0) is 81.2. The number of ketones is 1. The van der Waals surface area contributed by atoms with Crippen molar-refractivity contribution >= 4 is 65.3 Å². The summed E-state index contributed by atoms with van der Waals surface area (Å²) in [4.78, 5) is 93.9. The summed E-state index contributed by atoms with van der Waals surface area (Å²) < 4.78 is 82.6. The number of thioether (sulfide) groups is 1. The van der Waals surface area contributed by atoms with Gasteiger partial charge in [-0.05, 0) is 83.5 Å². The molecule has 0 spiro atoms. The molecule has 0 aromatic heterocycles. The van der Waals surface area contributed by atoms with Crippen LogP contribution in [0.3, 0.4) is 0 Å². The first-order chi connectivity index (χ1) is 52.0. The Bertz CT molecular complexity index is 2230. The molecular formula is C66H123N9O33S. The van der Waals surface area contributed by atoms with Crippen LogP contribution in [-0.2, 0) is 119 Å². The van der Waals surface area contributed by atoms with Gasteiger partial charge in [-0.3, -0.25) is 43.2 Å². The number of hydrogen-bond donors (Lipinski definition) is 17. The van der Waals surface area contributed by atoms with E-state index in [1.165, 1.54) is 18.2 Å². The van der Waals surface area contributed by atoms with Crippen LogP contribution in [0.4, 0.5) is 0 Å². The highest BCUT2D eigenvalue weighted by atomic mass is 32.2. The Kier molecular flexibility index (Phi) is 60.0.